The van der Waals surface area contributed by atoms with Crippen molar-refractivity contribution in [1.29, 1.82) is 0 Å². The van der Waals surface area contributed by atoms with Gasteiger partial charge in [-0.15, -0.1) is 5.10 Å². The number of nitrogens with one attached hydrogen (secondary N) is 1. The van der Waals surface area contributed by atoms with Gasteiger partial charge in [-0.05, 0) is 53.8 Å². The molecule has 1 N–H and O–H groups in total. The lowest BCUT2D eigenvalue weighted by atomic mass is 9.92. The number of aryl methyl sites for hydroxylation is 2. The lowest BCUT2D eigenvalue weighted by Gasteiger charge is -2.39. The molecule has 2 aromatic carbocycles. The minimum absolute atomic E-state index is 0.00855. The van der Waals surface area contributed by atoms with Gasteiger partial charge in [0.25, 0.3) is 5.56 Å². The van der Waals surface area contributed by atoms with Gasteiger partial charge in [0, 0.05) is 36.1 Å². The fourth-order valence-corrected chi connectivity index (χ4v) is 6.06. The zero-order valence-corrected chi connectivity index (χ0v) is 22.5. The fraction of sp³-hybridized carbons (Fsp3) is 0.467. The van der Waals surface area contributed by atoms with Crippen LogP contribution in [-0.4, -0.2) is 49.3 Å². The number of ether oxygens (including phenoxy) is 2. The quantitative estimate of drug-likeness (QED) is 0.333. The van der Waals surface area contributed by atoms with Gasteiger partial charge in [0.1, 0.15) is 13.2 Å². The number of aromatic nitrogens is 5. The van der Waals surface area contributed by atoms with E-state index in [9.17, 15) is 4.79 Å². The highest BCUT2D eigenvalue weighted by Crippen LogP contribution is 2.35. The Kier molecular flexibility index (Phi) is 7.58. The van der Waals surface area contributed by atoms with Crippen LogP contribution in [0.5, 0.6) is 11.5 Å². The summed E-state index contributed by atoms with van der Waals surface area (Å²) in [7, 11) is 0. The van der Waals surface area contributed by atoms with Crippen LogP contribution in [0.15, 0.2) is 53.3 Å². The third-order valence-electron chi connectivity index (χ3n) is 8.08. The third-order valence-corrected chi connectivity index (χ3v) is 8.08. The Labute approximate surface area is 228 Å². The van der Waals surface area contributed by atoms with E-state index in [1.165, 1.54) is 24.8 Å². The lowest BCUT2D eigenvalue weighted by molar-refractivity contribution is 0.0841. The zero-order valence-electron chi connectivity index (χ0n) is 22.5. The maximum atomic E-state index is 13.3. The molecule has 0 spiro atoms. The Morgan fingerprint density at radius 3 is 2.59 bits per heavy atom. The first-order chi connectivity index (χ1) is 19.2. The minimum atomic E-state index is -0.0708. The maximum Gasteiger partial charge on any atom is 0.252 e. The van der Waals surface area contributed by atoms with Crippen LogP contribution in [-0.2, 0) is 19.5 Å². The van der Waals surface area contributed by atoms with E-state index in [0.29, 0.717) is 38.1 Å². The van der Waals surface area contributed by atoms with Gasteiger partial charge in [-0.3, -0.25) is 9.69 Å². The van der Waals surface area contributed by atoms with Gasteiger partial charge in [0.15, 0.2) is 17.3 Å². The summed E-state index contributed by atoms with van der Waals surface area (Å²) in [5.41, 5.74) is 2.69. The second-order valence-electron chi connectivity index (χ2n) is 10.6. The highest BCUT2D eigenvalue weighted by Gasteiger charge is 2.32. The summed E-state index contributed by atoms with van der Waals surface area (Å²) in [4.78, 5) is 18.9. The second kappa shape index (κ2) is 11.6. The number of rotatable bonds is 9. The van der Waals surface area contributed by atoms with Crippen molar-refractivity contribution in [3.63, 3.8) is 0 Å². The standard InChI is InChI=1S/C30H36N6O3/c1-2-26(29-32-33-34-36(29)14-13-21-9-5-3-6-10-21)35(24-11-7-4-8-12-24)20-23-17-22-18-27-28(39-16-15-38-27)19-25(22)31-30(23)37/h3,5-6,9-10,17-19,24,26H,2,4,7-8,11-16,20H2,1H3,(H,31,37)/t26-/m0/s1. The number of pyridine rings is 1. The van der Waals surface area contributed by atoms with Gasteiger partial charge >= 0.3 is 0 Å². The molecule has 39 heavy (non-hydrogen) atoms. The molecule has 1 saturated carbocycles. The van der Waals surface area contributed by atoms with E-state index in [1.807, 2.05) is 28.9 Å². The van der Waals surface area contributed by atoms with E-state index >= 15 is 0 Å². The molecule has 1 aliphatic heterocycles. The van der Waals surface area contributed by atoms with Crippen molar-refractivity contribution in [1.82, 2.24) is 30.1 Å². The minimum Gasteiger partial charge on any atom is -0.486 e. The van der Waals surface area contributed by atoms with Crippen molar-refractivity contribution in [2.45, 2.75) is 77.0 Å². The number of aromatic amines is 1. The summed E-state index contributed by atoms with van der Waals surface area (Å²) in [5, 5.41) is 13.9. The molecular weight excluding hydrogens is 492 g/mol. The largest absolute Gasteiger partial charge is 0.486 e. The molecule has 1 fully saturated rings. The van der Waals surface area contributed by atoms with Crippen molar-refractivity contribution in [2.24, 2.45) is 0 Å². The first kappa shape index (κ1) is 25.6. The number of hydrogen-bond donors (Lipinski definition) is 1. The van der Waals surface area contributed by atoms with Crippen LogP contribution in [0.4, 0.5) is 0 Å². The van der Waals surface area contributed by atoms with Crippen LogP contribution >= 0.6 is 0 Å². The SMILES string of the molecule is CC[C@@H](c1nnnn1CCc1ccccc1)N(Cc1cc2cc3c(cc2[nH]c1=O)OCCO3)C1CCCCC1. The van der Waals surface area contributed by atoms with E-state index in [-0.39, 0.29) is 11.6 Å². The first-order valence-electron chi connectivity index (χ1n) is 14.2. The van der Waals surface area contributed by atoms with Crippen molar-refractivity contribution in [2.75, 3.05) is 13.2 Å². The Morgan fingerprint density at radius 2 is 1.82 bits per heavy atom. The number of H-pyrrole nitrogens is 1. The number of tetrazole rings is 1. The smallest absolute Gasteiger partial charge is 0.252 e. The Balaban J connectivity index is 1.32. The van der Waals surface area contributed by atoms with Crippen LogP contribution in [0.1, 0.15) is 68.4 Å². The average Bonchev–Trinajstić information content (AvgIpc) is 3.44. The summed E-state index contributed by atoms with van der Waals surface area (Å²) in [6.07, 6.45) is 7.62. The lowest BCUT2D eigenvalue weighted by Crippen LogP contribution is -2.41. The average molecular weight is 529 g/mol. The van der Waals surface area contributed by atoms with Crippen LogP contribution in [0, 0.1) is 0 Å². The fourth-order valence-electron chi connectivity index (χ4n) is 6.06. The molecule has 4 aromatic rings. The molecular formula is C30H36N6O3. The summed E-state index contributed by atoms with van der Waals surface area (Å²) >= 11 is 0. The highest BCUT2D eigenvalue weighted by atomic mass is 16.6. The predicted octanol–water partition coefficient (Wildman–Crippen LogP) is 4.81. The van der Waals surface area contributed by atoms with Gasteiger partial charge in [-0.2, -0.15) is 0 Å². The zero-order chi connectivity index (χ0) is 26.6. The van der Waals surface area contributed by atoms with Crippen molar-refractivity contribution in [3.05, 3.63) is 75.8 Å². The molecule has 1 aliphatic carbocycles. The molecule has 0 saturated heterocycles. The second-order valence-corrected chi connectivity index (χ2v) is 10.6. The summed E-state index contributed by atoms with van der Waals surface area (Å²) < 4.78 is 13.5. The monoisotopic (exact) mass is 528 g/mol. The first-order valence-corrected chi connectivity index (χ1v) is 14.2. The van der Waals surface area contributed by atoms with Crippen molar-refractivity contribution in [3.8, 4) is 11.5 Å². The normalized spacial score (nSPS) is 16.6. The number of nitrogens with zero attached hydrogens (tertiary/aromatic N) is 5. The molecule has 1 atom stereocenters. The maximum absolute atomic E-state index is 13.3. The van der Waals surface area contributed by atoms with Gasteiger partial charge in [0.05, 0.1) is 11.6 Å². The van der Waals surface area contributed by atoms with Gasteiger partial charge in [-0.25, -0.2) is 4.68 Å². The number of benzene rings is 2. The van der Waals surface area contributed by atoms with E-state index in [0.717, 1.165) is 53.7 Å². The molecule has 0 unspecified atom stereocenters. The molecule has 204 valence electrons. The molecule has 0 bridgehead atoms. The van der Waals surface area contributed by atoms with Crippen molar-refractivity contribution >= 4 is 10.9 Å². The van der Waals surface area contributed by atoms with E-state index in [2.05, 4.69) is 56.6 Å². The van der Waals surface area contributed by atoms with Gasteiger partial charge in [-0.1, -0.05) is 56.5 Å². The summed E-state index contributed by atoms with van der Waals surface area (Å²) in [6, 6.07) is 16.6. The van der Waals surface area contributed by atoms with Crippen molar-refractivity contribution < 1.29 is 9.47 Å². The van der Waals surface area contributed by atoms with Crippen LogP contribution in [0.2, 0.25) is 0 Å². The van der Waals surface area contributed by atoms with Crippen LogP contribution < -0.4 is 15.0 Å². The number of hydrogen-bond acceptors (Lipinski definition) is 7. The van der Waals surface area contributed by atoms with E-state index in [4.69, 9.17) is 9.47 Å². The molecule has 9 nitrogen and oxygen atoms in total. The van der Waals surface area contributed by atoms with Gasteiger partial charge < -0.3 is 14.5 Å². The predicted molar refractivity (Wildman–Crippen MR) is 149 cm³/mol. The topological polar surface area (TPSA) is 98.2 Å². The van der Waals surface area contributed by atoms with Gasteiger partial charge in [0.2, 0.25) is 0 Å². The number of fused-ring (bicyclic) bond motifs is 2. The molecule has 2 aliphatic rings. The third kappa shape index (κ3) is 5.54. The molecule has 3 heterocycles. The van der Waals surface area contributed by atoms with Crippen LogP contribution in [0.25, 0.3) is 10.9 Å². The highest BCUT2D eigenvalue weighted by molar-refractivity contribution is 5.83. The Hall–Kier alpha value is -3.72. The summed E-state index contributed by atoms with van der Waals surface area (Å²) in [5.74, 6) is 2.27. The molecule has 2 aromatic heterocycles. The summed E-state index contributed by atoms with van der Waals surface area (Å²) in [6.45, 7) is 4.48. The molecule has 0 radical (unpaired) electrons. The Morgan fingerprint density at radius 1 is 1.05 bits per heavy atom. The van der Waals surface area contributed by atoms with Crippen LogP contribution in [0.3, 0.4) is 0 Å². The molecule has 9 heteroatoms. The molecule has 0 amide bonds. The molecule has 6 rings (SSSR count). The van der Waals surface area contributed by atoms with E-state index in [1.54, 1.807) is 0 Å². The Bertz CT molecular complexity index is 1460. The van der Waals surface area contributed by atoms with E-state index < -0.39 is 0 Å².